The Labute approximate surface area is 274 Å². The predicted octanol–water partition coefficient (Wildman–Crippen LogP) is 3.95. The van der Waals surface area contributed by atoms with Crippen LogP contribution < -0.4 is 10.6 Å². The zero-order valence-corrected chi connectivity index (χ0v) is 28.2. The van der Waals surface area contributed by atoms with E-state index in [4.69, 9.17) is 18.9 Å². The minimum absolute atomic E-state index is 0.00179. The monoisotopic (exact) mass is 645 g/mol. The number of likely N-dealkylation sites (tertiary alicyclic amines) is 1. The van der Waals surface area contributed by atoms with Crippen LogP contribution in [0, 0.1) is 5.92 Å². The summed E-state index contributed by atoms with van der Waals surface area (Å²) in [5, 5.41) is 16.8. The lowest BCUT2D eigenvalue weighted by Gasteiger charge is -2.39. The second kappa shape index (κ2) is 16.9. The number of epoxide rings is 1. The molecule has 0 bridgehead atoms. The molecular weight excluding hydrogens is 590 g/mol. The van der Waals surface area contributed by atoms with Gasteiger partial charge < -0.3 is 39.6 Å². The first-order valence-electron chi connectivity index (χ1n) is 17.2. The van der Waals surface area contributed by atoms with Crippen LogP contribution in [0.15, 0.2) is 36.0 Å². The number of allylic oxidation sites excluding steroid dienone is 2. The first-order valence-corrected chi connectivity index (χ1v) is 17.2. The van der Waals surface area contributed by atoms with Gasteiger partial charge in [0.1, 0.15) is 23.9 Å². The van der Waals surface area contributed by atoms with Crippen molar-refractivity contribution in [1.82, 2.24) is 15.5 Å². The SMILES string of the molecule is CCCNC(=O)C[C@@H]1C[C@@]2(CO2)[C@H](O)[C@@H](C=CC(C)=CC[C@@H]2O[C@H](C)[C@H](NC(=O)C=C[C@H](C)OC(=O)N3CCCCC3)C[C@@H]2C)O1. The number of amides is 3. The van der Waals surface area contributed by atoms with Crippen molar-refractivity contribution < 1.29 is 38.4 Å². The summed E-state index contributed by atoms with van der Waals surface area (Å²) >= 11 is 0. The number of carbonyl (C=O) groups is 3. The van der Waals surface area contributed by atoms with Gasteiger partial charge in [-0.05, 0) is 71.3 Å². The average molecular weight is 646 g/mol. The number of aliphatic hydroxyl groups is 1. The summed E-state index contributed by atoms with van der Waals surface area (Å²) in [6, 6.07) is -0.126. The number of rotatable bonds is 12. The van der Waals surface area contributed by atoms with E-state index in [9.17, 15) is 19.5 Å². The lowest BCUT2D eigenvalue weighted by atomic mass is 9.87. The van der Waals surface area contributed by atoms with Crippen molar-refractivity contribution >= 4 is 17.9 Å². The van der Waals surface area contributed by atoms with Gasteiger partial charge in [-0.1, -0.05) is 37.6 Å². The van der Waals surface area contributed by atoms with Crippen LogP contribution in [-0.2, 0) is 28.5 Å². The number of carbonyl (C=O) groups excluding carboxylic acids is 3. The van der Waals surface area contributed by atoms with Crippen molar-refractivity contribution in [2.24, 2.45) is 5.92 Å². The molecule has 4 heterocycles. The Morgan fingerprint density at radius 2 is 1.87 bits per heavy atom. The smallest absolute Gasteiger partial charge is 0.410 e. The van der Waals surface area contributed by atoms with Crippen molar-refractivity contribution in [2.45, 2.75) is 134 Å². The quantitative estimate of drug-likeness (QED) is 0.165. The third kappa shape index (κ3) is 10.4. The van der Waals surface area contributed by atoms with E-state index in [1.165, 1.54) is 6.08 Å². The van der Waals surface area contributed by atoms with Crippen molar-refractivity contribution in [3.8, 4) is 0 Å². The standard InChI is InChI=1S/C35H55N3O8/c1-6-16-36-32(40)20-27-21-35(22-43-35)33(41)30(46-27)14-11-23(2)10-13-29-24(3)19-28(26(5)45-29)37-31(39)15-12-25(4)44-34(42)38-17-8-7-9-18-38/h10-12,14-15,24-30,33,41H,6-9,13,16-22H2,1-5H3,(H,36,40)(H,37,39)/t24-,25-,26+,27+,28+,29-,30+,33+,35+/m0/s1. The molecule has 3 N–H and O–H groups in total. The topological polar surface area (TPSA) is 139 Å². The van der Waals surface area contributed by atoms with Gasteiger partial charge in [0, 0.05) is 32.1 Å². The zero-order valence-electron chi connectivity index (χ0n) is 28.2. The normalized spacial score (nSPS) is 34.1. The molecule has 0 saturated carbocycles. The number of hydrogen-bond acceptors (Lipinski definition) is 8. The molecule has 4 rings (SSSR count). The highest BCUT2D eigenvalue weighted by Gasteiger charge is 2.58. The minimum Gasteiger partial charge on any atom is -0.442 e. The van der Waals surface area contributed by atoms with Crippen LogP contribution in [0.1, 0.15) is 86.0 Å². The lowest BCUT2D eigenvalue weighted by molar-refractivity contribution is -0.145. The van der Waals surface area contributed by atoms with Gasteiger partial charge in [-0.3, -0.25) is 9.59 Å². The summed E-state index contributed by atoms with van der Waals surface area (Å²) in [5.41, 5.74) is 0.394. The van der Waals surface area contributed by atoms with Gasteiger partial charge in [0.15, 0.2) is 0 Å². The number of nitrogens with zero attached hydrogens (tertiary/aromatic N) is 1. The molecule has 4 fully saturated rings. The van der Waals surface area contributed by atoms with Crippen molar-refractivity contribution in [1.29, 1.82) is 0 Å². The molecule has 0 aliphatic carbocycles. The molecule has 0 unspecified atom stereocenters. The molecule has 0 aromatic rings. The van der Waals surface area contributed by atoms with E-state index in [1.807, 2.05) is 32.9 Å². The highest BCUT2D eigenvalue weighted by Crippen LogP contribution is 2.43. The van der Waals surface area contributed by atoms with Gasteiger partial charge in [0.25, 0.3) is 0 Å². The van der Waals surface area contributed by atoms with Crippen molar-refractivity contribution in [3.63, 3.8) is 0 Å². The summed E-state index contributed by atoms with van der Waals surface area (Å²) in [6.45, 7) is 12.4. The van der Waals surface area contributed by atoms with Crippen molar-refractivity contribution in [2.75, 3.05) is 26.2 Å². The van der Waals surface area contributed by atoms with Crippen LogP contribution in [0.2, 0.25) is 0 Å². The highest BCUT2D eigenvalue weighted by molar-refractivity contribution is 5.87. The molecule has 46 heavy (non-hydrogen) atoms. The molecular formula is C35H55N3O8. The lowest BCUT2D eigenvalue weighted by Crippen LogP contribution is -2.50. The number of hydrogen-bond donors (Lipinski definition) is 3. The second-order valence-electron chi connectivity index (χ2n) is 13.5. The summed E-state index contributed by atoms with van der Waals surface area (Å²) < 4.78 is 23.6. The molecule has 11 nitrogen and oxygen atoms in total. The Morgan fingerprint density at radius 3 is 2.57 bits per heavy atom. The third-order valence-corrected chi connectivity index (χ3v) is 9.46. The zero-order chi connectivity index (χ0) is 33.3. The average Bonchev–Trinajstić information content (AvgIpc) is 3.81. The summed E-state index contributed by atoms with van der Waals surface area (Å²) in [5.74, 6) is -0.0625. The number of ether oxygens (including phenoxy) is 4. The Balaban J connectivity index is 1.21. The minimum atomic E-state index is -0.783. The van der Waals surface area contributed by atoms with Crippen LogP contribution in [0.3, 0.4) is 0 Å². The Hall–Kier alpha value is -2.73. The largest absolute Gasteiger partial charge is 0.442 e. The molecule has 258 valence electrons. The van der Waals surface area contributed by atoms with Gasteiger partial charge >= 0.3 is 6.09 Å². The van der Waals surface area contributed by atoms with Crippen LogP contribution in [0.5, 0.6) is 0 Å². The third-order valence-electron chi connectivity index (χ3n) is 9.46. The first kappa shape index (κ1) is 36.1. The first-order chi connectivity index (χ1) is 22.0. The second-order valence-corrected chi connectivity index (χ2v) is 13.5. The molecule has 0 aromatic heterocycles. The molecule has 4 aliphatic heterocycles. The fourth-order valence-corrected chi connectivity index (χ4v) is 6.48. The number of nitrogens with one attached hydrogen (secondary N) is 2. The predicted molar refractivity (Wildman–Crippen MR) is 174 cm³/mol. The molecule has 4 saturated heterocycles. The molecule has 11 heteroatoms. The van der Waals surface area contributed by atoms with Crippen LogP contribution in [-0.4, -0.2) is 102 Å². The number of piperidine rings is 1. The van der Waals surface area contributed by atoms with Crippen LogP contribution in [0.25, 0.3) is 0 Å². The van der Waals surface area contributed by atoms with E-state index in [-0.39, 0.29) is 54.6 Å². The highest BCUT2D eigenvalue weighted by atomic mass is 16.6. The van der Waals surface area contributed by atoms with E-state index in [0.29, 0.717) is 26.0 Å². The van der Waals surface area contributed by atoms with Gasteiger partial charge in [-0.15, -0.1) is 0 Å². The van der Waals surface area contributed by atoms with Gasteiger partial charge in [-0.2, -0.15) is 0 Å². The number of aliphatic hydroxyl groups excluding tert-OH is 1. The fourth-order valence-electron chi connectivity index (χ4n) is 6.48. The maximum atomic E-state index is 12.7. The molecule has 9 atom stereocenters. The molecule has 0 radical (unpaired) electrons. The van der Waals surface area contributed by atoms with Crippen molar-refractivity contribution in [3.05, 3.63) is 36.0 Å². The van der Waals surface area contributed by atoms with E-state index in [1.54, 1.807) is 17.9 Å². The molecule has 3 amide bonds. The van der Waals surface area contributed by atoms with E-state index >= 15 is 0 Å². The van der Waals surface area contributed by atoms with Crippen LogP contribution >= 0.6 is 0 Å². The Kier molecular flexibility index (Phi) is 13.3. The summed E-state index contributed by atoms with van der Waals surface area (Å²) in [6.07, 6.45) is 12.6. The van der Waals surface area contributed by atoms with E-state index < -0.39 is 23.9 Å². The molecule has 0 aromatic carbocycles. The molecule has 1 spiro atoms. The summed E-state index contributed by atoms with van der Waals surface area (Å²) in [7, 11) is 0. The van der Waals surface area contributed by atoms with Gasteiger partial charge in [0.05, 0.1) is 37.4 Å². The maximum Gasteiger partial charge on any atom is 0.410 e. The van der Waals surface area contributed by atoms with E-state index in [0.717, 1.165) is 50.8 Å². The van der Waals surface area contributed by atoms with Gasteiger partial charge in [0.2, 0.25) is 11.8 Å². The maximum absolute atomic E-state index is 12.7. The molecule has 4 aliphatic rings. The van der Waals surface area contributed by atoms with Gasteiger partial charge in [-0.25, -0.2) is 4.79 Å². The Morgan fingerprint density at radius 1 is 1.13 bits per heavy atom. The fraction of sp³-hybridized carbons (Fsp3) is 0.743. The Bertz CT molecular complexity index is 1130. The van der Waals surface area contributed by atoms with E-state index in [2.05, 4.69) is 23.6 Å². The summed E-state index contributed by atoms with van der Waals surface area (Å²) in [4.78, 5) is 39.0. The van der Waals surface area contributed by atoms with Crippen LogP contribution in [0.4, 0.5) is 4.79 Å².